The Hall–Kier alpha value is -1.11. The fraction of sp³-hybridized carbons (Fsp3) is 0.588. The maximum absolute atomic E-state index is 12.4. The molecule has 2 aliphatic carbocycles. The molecule has 1 heteroatoms. The highest BCUT2D eigenvalue weighted by atomic mass is 16.1. The summed E-state index contributed by atoms with van der Waals surface area (Å²) in [6.07, 6.45) is 6.99. The summed E-state index contributed by atoms with van der Waals surface area (Å²) in [6.45, 7) is 2.32. The quantitative estimate of drug-likeness (QED) is 0.724. The second-order valence-corrected chi connectivity index (χ2v) is 6.28. The summed E-state index contributed by atoms with van der Waals surface area (Å²) < 4.78 is 0. The van der Waals surface area contributed by atoms with E-state index in [1.165, 1.54) is 31.2 Å². The molecule has 0 radical (unpaired) electrons. The lowest BCUT2D eigenvalue weighted by Crippen LogP contribution is -2.29. The Kier molecular flexibility index (Phi) is 3.01. The Bertz CT molecular complexity index is 436. The Labute approximate surface area is 110 Å². The van der Waals surface area contributed by atoms with Gasteiger partial charge in [0.25, 0.3) is 0 Å². The number of rotatable bonds is 1. The van der Waals surface area contributed by atoms with E-state index in [2.05, 4.69) is 37.3 Å². The van der Waals surface area contributed by atoms with Gasteiger partial charge in [0.1, 0.15) is 5.78 Å². The van der Waals surface area contributed by atoms with Crippen LogP contribution in [0.2, 0.25) is 0 Å². The van der Waals surface area contributed by atoms with Crippen molar-refractivity contribution in [2.24, 2.45) is 11.8 Å². The summed E-state index contributed by atoms with van der Waals surface area (Å²) in [5, 5.41) is 0. The van der Waals surface area contributed by atoms with Gasteiger partial charge in [-0.1, -0.05) is 56.5 Å². The summed E-state index contributed by atoms with van der Waals surface area (Å²) in [5.41, 5.74) is 1.46. The highest BCUT2D eigenvalue weighted by Gasteiger charge is 2.50. The molecule has 0 bridgehead atoms. The number of fused-ring (bicyclic) bond motifs is 1. The van der Waals surface area contributed by atoms with Gasteiger partial charge in [0.15, 0.2) is 0 Å². The first-order chi connectivity index (χ1) is 8.72. The standard InChI is InChI=1S/C17H22O/c1-17(13-8-4-2-5-9-13)12-16(18)14-10-6-3-7-11-15(14)17/h2,4-5,8-9,14-15H,3,6-7,10-12H2,1H3/t14-,15+,17-/m1/s1. The summed E-state index contributed by atoms with van der Waals surface area (Å²) in [5.74, 6) is 1.45. The molecule has 18 heavy (non-hydrogen) atoms. The van der Waals surface area contributed by atoms with Crippen LogP contribution in [0.15, 0.2) is 30.3 Å². The molecule has 2 aliphatic rings. The summed E-state index contributed by atoms with van der Waals surface area (Å²) >= 11 is 0. The molecule has 0 spiro atoms. The van der Waals surface area contributed by atoms with Crippen molar-refractivity contribution in [1.29, 1.82) is 0 Å². The predicted molar refractivity (Wildman–Crippen MR) is 73.5 cm³/mol. The van der Waals surface area contributed by atoms with E-state index in [0.717, 1.165) is 12.8 Å². The largest absolute Gasteiger partial charge is 0.299 e. The van der Waals surface area contributed by atoms with Gasteiger partial charge in [-0.15, -0.1) is 0 Å². The van der Waals surface area contributed by atoms with Crippen LogP contribution >= 0.6 is 0 Å². The van der Waals surface area contributed by atoms with Crippen LogP contribution in [0.25, 0.3) is 0 Å². The van der Waals surface area contributed by atoms with Crippen LogP contribution in [0.1, 0.15) is 51.0 Å². The molecular formula is C17H22O. The van der Waals surface area contributed by atoms with Crippen molar-refractivity contribution in [2.45, 2.75) is 50.9 Å². The zero-order chi connectivity index (χ0) is 12.6. The van der Waals surface area contributed by atoms with Gasteiger partial charge in [-0.05, 0) is 24.3 Å². The van der Waals surface area contributed by atoms with Gasteiger partial charge in [0.05, 0.1) is 0 Å². The highest BCUT2D eigenvalue weighted by molar-refractivity contribution is 5.86. The third-order valence-electron chi connectivity index (χ3n) is 5.22. The topological polar surface area (TPSA) is 17.1 Å². The number of carbonyl (C=O) groups is 1. The van der Waals surface area contributed by atoms with Gasteiger partial charge < -0.3 is 0 Å². The molecule has 0 aromatic heterocycles. The van der Waals surface area contributed by atoms with Gasteiger partial charge in [-0.2, -0.15) is 0 Å². The first-order valence-electron chi connectivity index (χ1n) is 7.30. The molecule has 1 aromatic rings. The molecule has 0 unspecified atom stereocenters. The molecule has 1 aromatic carbocycles. The Morgan fingerprint density at radius 2 is 1.78 bits per heavy atom. The Balaban J connectivity index is 1.99. The van der Waals surface area contributed by atoms with Gasteiger partial charge in [0.2, 0.25) is 0 Å². The molecule has 3 rings (SSSR count). The molecule has 0 aliphatic heterocycles. The molecule has 2 saturated carbocycles. The van der Waals surface area contributed by atoms with Gasteiger partial charge in [0, 0.05) is 17.8 Å². The maximum atomic E-state index is 12.4. The van der Waals surface area contributed by atoms with Crippen LogP contribution in [0.5, 0.6) is 0 Å². The summed E-state index contributed by atoms with van der Waals surface area (Å²) in [4.78, 5) is 12.4. The molecule has 1 nitrogen and oxygen atoms in total. The fourth-order valence-corrected chi connectivity index (χ4v) is 4.21. The third kappa shape index (κ3) is 1.81. The second kappa shape index (κ2) is 4.53. The summed E-state index contributed by atoms with van der Waals surface area (Å²) in [7, 11) is 0. The Morgan fingerprint density at radius 1 is 1.06 bits per heavy atom. The lowest BCUT2D eigenvalue weighted by molar-refractivity contribution is -0.121. The fourth-order valence-electron chi connectivity index (χ4n) is 4.21. The van der Waals surface area contributed by atoms with Crippen molar-refractivity contribution in [3.63, 3.8) is 0 Å². The van der Waals surface area contributed by atoms with Crippen LogP contribution in [0, 0.1) is 11.8 Å². The number of hydrogen-bond acceptors (Lipinski definition) is 1. The molecule has 0 amide bonds. The van der Waals surface area contributed by atoms with E-state index in [0.29, 0.717) is 17.6 Å². The van der Waals surface area contributed by atoms with E-state index in [4.69, 9.17) is 0 Å². The van der Waals surface area contributed by atoms with Crippen LogP contribution in [0.3, 0.4) is 0 Å². The molecular weight excluding hydrogens is 220 g/mol. The van der Waals surface area contributed by atoms with Gasteiger partial charge in [-0.3, -0.25) is 4.79 Å². The molecule has 2 fully saturated rings. The smallest absolute Gasteiger partial charge is 0.137 e. The van der Waals surface area contributed by atoms with E-state index in [-0.39, 0.29) is 5.41 Å². The molecule has 96 valence electrons. The van der Waals surface area contributed by atoms with E-state index in [9.17, 15) is 4.79 Å². The van der Waals surface area contributed by atoms with E-state index in [1.54, 1.807) is 0 Å². The number of ketones is 1. The zero-order valence-electron chi connectivity index (χ0n) is 11.2. The lowest BCUT2D eigenvalue weighted by atomic mass is 9.70. The van der Waals surface area contributed by atoms with Crippen molar-refractivity contribution in [3.8, 4) is 0 Å². The van der Waals surface area contributed by atoms with Gasteiger partial charge >= 0.3 is 0 Å². The van der Waals surface area contributed by atoms with Crippen molar-refractivity contribution in [2.75, 3.05) is 0 Å². The SMILES string of the molecule is C[C@]1(c2ccccc2)CC(=O)[C@@H]2CCCCC[C@@H]21. The number of Topliss-reactive ketones (excluding diaryl/α,β-unsaturated/α-hetero) is 1. The summed E-state index contributed by atoms with van der Waals surface area (Å²) in [6, 6.07) is 10.7. The minimum Gasteiger partial charge on any atom is -0.299 e. The normalized spacial score (nSPS) is 36.2. The van der Waals surface area contributed by atoms with Crippen LogP contribution in [-0.4, -0.2) is 5.78 Å². The van der Waals surface area contributed by atoms with Crippen molar-refractivity contribution >= 4 is 5.78 Å². The maximum Gasteiger partial charge on any atom is 0.137 e. The first kappa shape index (κ1) is 12.0. The molecule has 0 N–H and O–H groups in total. The van der Waals surface area contributed by atoms with Crippen molar-refractivity contribution in [3.05, 3.63) is 35.9 Å². The Morgan fingerprint density at radius 3 is 2.56 bits per heavy atom. The lowest BCUT2D eigenvalue weighted by Gasteiger charge is -2.33. The minimum atomic E-state index is 0.0906. The zero-order valence-corrected chi connectivity index (χ0v) is 11.2. The van der Waals surface area contributed by atoms with E-state index in [1.807, 2.05) is 0 Å². The monoisotopic (exact) mass is 242 g/mol. The van der Waals surface area contributed by atoms with Crippen LogP contribution in [-0.2, 0) is 10.2 Å². The average molecular weight is 242 g/mol. The highest BCUT2D eigenvalue weighted by Crippen LogP contribution is 2.51. The van der Waals surface area contributed by atoms with E-state index < -0.39 is 0 Å². The molecule has 0 saturated heterocycles. The minimum absolute atomic E-state index is 0.0906. The molecule has 0 heterocycles. The van der Waals surface area contributed by atoms with Gasteiger partial charge in [-0.25, -0.2) is 0 Å². The van der Waals surface area contributed by atoms with Crippen molar-refractivity contribution in [1.82, 2.24) is 0 Å². The molecule has 3 atom stereocenters. The number of carbonyl (C=O) groups excluding carboxylic acids is 1. The van der Waals surface area contributed by atoms with Crippen LogP contribution in [0.4, 0.5) is 0 Å². The number of benzene rings is 1. The first-order valence-corrected chi connectivity index (χ1v) is 7.30. The third-order valence-corrected chi connectivity index (χ3v) is 5.22. The van der Waals surface area contributed by atoms with Crippen molar-refractivity contribution < 1.29 is 4.79 Å². The average Bonchev–Trinajstić information content (AvgIpc) is 2.60. The predicted octanol–water partition coefficient (Wildman–Crippen LogP) is 4.11. The van der Waals surface area contributed by atoms with Crippen LogP contribution < -0.4 is 0 Å². The van der Waals surface area contributed by atoms with E-state index >= 15 is 0 Å². The second-order valence-electron chi connectivity index (χ2n) is 6.28. The number of hydrogen-bond donors (Lipinski definition) is 0.